The van der Waals surface area contributed by atoms with Gasteiger partial charge in [0.15, 0.2) is 0 Å². The van der Waals surface area contributed by atoms with Crippen molar-refractivity contribution in [2.75, 3.05) is 13.6 Å². The minimum absolute atomic E-state index is 0.102. The lowest BCUT2D eigenvalue weighted by Gasteiger charge is -2.17. The fourth-order valence-corrected chi connectivity index (χ4v) is 2.72. The minimum Gasteiger partial charge on any atom is -0.393 e. The van der Waals surface area contributed by atoms with Gasteiger partial charge in [-0.1, -0.05) is 12.1 Å². The Morgan fingerprint density at radius 2 is 1.95 bits per heavy atom. The molecule has 104 valence electrons. The van der Waals surface area contributed by atoms with Crippen molar-refractivity contribution in [1.82, 2.24) is 4.31 Å². The van der Waals surface area contributed by atoms with Crippen LogP contribution in [0.15, 0.2) is 24.3 Å². The molecule has 0 saturated heterocycles. The number of benzene rings is 1. The normalized spacial score (nSPS) is 13.2. The van der Waals surface area contributed by atoms with Crippen LogP contribution in [0, 0.1) is 11.3 Å². The molecule has 0 aromatic heterocycles. The molecule has 0 aliphatic carbocycles. The maximum absolute atomic E-state index is 12.0. The van der Waals surface area contributed by atoms with Gasteiger partial charge in [0, 0.05) is 13.6 Å². The molecule has 1 atom stereocenters. The van der Waals surface area contributed by atoms with Gasteiger partial charge in [-0.15, -0.1) is 0 Å². The molecule has 19 heavy (non-hydrogen) atoms. The lowest BCUT2D eigenvalue weighted by Crippen LogP contribution is -2.30. The quantitative estimate of drug-likeness (QED) is 0.847. The van der Waals surface area contributed by atoms with Gasteiger partial charge in [0.05, 0.1) is 23.5 Å². The van der Waals surface area contributed by atoms with Crippen molar-refractivity contribution in [2.24, 2.45) is 0 Å². The number of aliphatic hydroxyl groups excluding tert-OH is 1. The van der Waals surface area contributed by atoms with Crippen LogP contribution in [0.4, 0.5) is 0 Å². The van der Waals surface area contributed by atoms with Crippen LogP contribution < -0.4 is 0 Å². The van der Waals surface area contributed by atoms with Crippen LogP contribution in [-0.4, -0.2) is 37.5 Å². The van der Waals surface area contributed by atoms with Crippen molar-refractivity contribution in [1.29, 1.82) is 5.26 Å². The fourth-order valence-electron chi connectivity index (χ4n) is 1.50. The third-order valence-electron chi connectivity index (χ3n) is 2.77. The summed E-state index contributed by atoms with van der Waals surface area (Å²) in [6, 6.07) is 8.46. The SMILES string of the molecule is CC(O)CCN(C)S(=O)(=O)Cc1ccc(C#N)cc1. The molecule has 0 fully saturated rings. The second kappa shape index (κ2) is 6.66. The summed E-state index contributed by atoms with van der Waals surface area (Å²) in [6.45, 7) is 1.91. The molecule has 1 aromatic carbocycles. The molecule has 6 heteroatoms. The molecule has 0 bridgehead atoms. The van der Waals surface area contributed by atoms with E-state index in [1.54, 1.807) is 31.2 Å². The molecule has 0 aliphatic rings. The smallest absolute Gasteiger partial charge is 0.218 e. The van der Waals surface area contributed by atoms with Crippen molar-refractivity contribution < 1.29 is 13.5 Å². The summed E-state index contributed by atoms with van der Waals surface area (Å²) in [5.41, 5.74) is 1.14. The van der Waals surface area contributed by atoms with E-state index in [1.165, 1.54) is 11.4 Å². The van der Waals surface area contributed by atoms with E-state index in [1.807, 2.05) is 6.07 Å². The summed E-state index contributed by atoms with van der Waals surface area (Å²) >= 11 is 0. The van der Waals surface area contributed by atoms with Crippen molar-refractivity contribution in [3.05, 3.63) is 35.4 Å². The minimum atomic E-state index is -3.39. The first-order chi connectivity index (χ1) is 8.85. The van der Waals surface area contributed by atoms with Gasteiger partial charge >= 0.3 is 0 Å². The second-order valence-corrected chi connectivity index (χ2v) is 6.60. The third kappa shape index (κ3) is 4.99. The maximum atomic E-state index is 12.0. The lowest BCUT2D eigenvalue weighted by molar-refractivity contribution is 0.177. The first kappa shape index (κ1) is 15.6. The number of aliphatic hydroxyl groups is 1. The molecule has 0 heterocycles. The molecular formula is C13H18N2O3S. The van der Waals surface area contributed by atoms with E-state index in [4.69, 9.17) is 10.4 Å². The zero-order chi connectivity index (χ0) is 14.5. The first-order valence-electron chi connectivity index (χ1n) is 5.96. The van der Waals surface area contributed by atoms with Gasteiger partial charge in [-0.05, 0) is 31.0 Å². The van der Waals surface area contributed by atoms with Gasteiger partial charge in [0.25, 0.3) is 0 Å². The van der Waals surface area contributed by atoms with Gasteiger partial charge in [0.2, 0.25) is 10.0 Å². The summed E-state index contributed by atoms with van der Waals surface area (Å²) < 4.78 is 25.3. The van der Waals surface area contributed by atoms with E-state index in [-0.39, 0.29) is 12.3 Å². The molecule has 5 nitrogen and oxygen atoms in total. The molecule has 0 aliphatic heterocycles. The zero-order valence-corrected chi connectivity index (χ0v) is 11.9. The number of hydrogen-bond donors (Lipinski definition) is 1. The van der Waals surface area contributed by atoms with Crippen LogP contribution >= 0.6 is 0 Å². The van der Waals surface area contributed by atoms with E-state index in [2.05, 4.69) is 0 Å². The van der Waals surface area contributed by atoms with Crippen LogP contribution in [0.25, 0.3) is 0 Å². The summed E-state index contributed by atoms with van der Waals surface area (Å²) in [6.07, 6.45) is -0.115. The number of nitrogens with zero attached hydrogens (tertiary/aromatic N) is 2. The highest BCUT2D eigenvalue weighted by atomic mass is 32.2. The van der Waals surface area contributed by atoms with E-state index in [0.29, 0.717) is 17.5 Å². The van der Waals surface area contributed by atoms with Gasteiger partial charge in [0.1, 0.15) is 0 Å². The van der Waals surface area contributed by atoms with Crippen LogP contribution in [0.2, 0.25) is 0 Å². The average molecular weight is 282 g/mol. The summed E-state index contributed by atoms with van der Waals surface area (Å²) in [4.78, 5) is 0. The summed E-state index contributed by atoms with van der Waals surface area (Å²) in [7, 11) is -1.89. The highest BCUT2D eigenvalue weighted by molar-refractivity contribution is 7.88. The number of sulfonamides is 1. The Morgan fingerprint density at radius 1 is 1.37 bits per heavy atom. The van der Waals surface area contributed by atoms with E-state index in [0.717, 1.165) is 0 Å². The van der Waals surface area contributed by atoms with E-state index in [9.17, 15) is 8.42 Å². The molecule has 0 spiro atoms. The van der Waals surface area contributed by atoms with Crippen LogP contribution in [0.5, 0.6) is 0 Å². The third-order valence-corrected chi connectivity index (χ3v) is 4.60. The number of hydrogen-bond acceptors (Lipinski definition) is 4. The lowest BCUT2D eigenvalue weighted by atomic mass is 10.2. The van der Waals surface area contributed by atoms with Gasteiger partial charge in [-0.2, -0.15) is 5.26 Å². The standard InChI is InChI=1S/C13H18N2O3S/c1-11(16)7-8-15(2)19(17,18)10-13-5-3-12(9-14)4-6-13/h3-6,11,16H,7-8,10H2,1-2H3. The fraction of sp³-hybridized carbons (Fsp3) is 0.462. The second-order valence-electron chi connectivity index (χ2n) is 4.52. The van der Waals surface area contributed by atoms with E-state index >= 15 is 0 Å². The Bertz CT molecular complexity index is 544. The molecule has 0 radical (unpaired) electrons. The highest BCUT2D eigenvalue weighted by Gasteiger charge is 2.18. The van der Waals surface area contributed by atoms with E-state index < -0.39 is 16.1 Å². The zero-order valence-electron chi connectivity index (χ0n) is 11.1. The molecule has 1 unspecified atom stereocenters. The van der Waals surface area contributed by atoms with Gasteiger partial charge < -0.3 is 5.11 Å². The Morgan fingerprint density at radius 3 is 2.42 bits per heavy atom. The Hall–Kier alpha value is -1.42. The molecule has 0 saturated carbocycles. The Balaban J connectivity index is 2.70. The number of nitriles is 1. The van der Waals surface area contributed by atoms with Crippen molar-refractivity contribution >= 4 is 10.0 Å². The van der Waals surface area contributed by atoms with Gasteiger partial charge in [-0.25, -0.2) is 12.7 Å². The van der Waals surface area contributed by atoms with Crippen LogP contribution in [0.1, 0.15) is 24.5 Å². The first-order valence-corrected chi connectivity index (χ1v) is 7.57. The summed E-state index contributed by atoms with van der Waals surface area (Å²) in [5.74, 6) is -0.102. The topological polar surface area (TPSA) is 81.4 Å². The molecule has 1 N–H and O–H groups in total. The number of rotatable bonds is 6. The molecular weight excluding hydrogens is 264 g/mol. The molecule has 1 aromatic rings. The highest BCUT2D eigenvalue weighted by Crippen LogP contribution is 2.11. The predicted octanol–water partition coefficient (Wildman–Crippen LogP) is 1.09. The molecule has 1 rings (SSSR count). The Kier molecular flexibility index (Phi) is 5.48. The largest absolute Gasteiger partial charge is 0.393 e. The van der Waals surface area contributed by atoms with Gasteiger partial charge in [-0.3, -0.25) is 0 Å². The van der Waals surface area contributed by atoms with Crippen molar-refractivity contribution in [3.8, 4) is 6.07 Å². The Labute approximate surface area is 114 Å². The predicted molar refractivity (Wildman–Crippen MR) is 72.7 cm³/mol. The average Bonchev–Trinajstić information content (AvgIpc) is 2.36. The van der Waals surface area contributed by atoms with Crippen molar-refractivity contribution in [2.45, 2.75) is 25.2 Å². The van der Waals surface area contributed by atoms with Crippen LogP contribution in [0.3, 0.4) is 0 Å². The monoisotopic (exact) mass is 282 g/mol. The van der Waals surface area contributed by atoms with Crippen LogP contribution in [-0.2, 0) is 15.8 Å². The summed E-state index contributed by atoms with van der Waals surface area (Å²) in [5, 5.41) is 17.8. The molecule has 0 amide bonds. The maximum Gasteiger partial charge on any atom is 0.218 e. The van der Waals surface area contributed by atoms with Crippen molar-refractivity contribution in [3.63, 3.8) is 0 Å².